The predicted molar refractivity (Wildman–Crippen MR) is 86.9 cm³/mol. The van der Waals surface area contributed by atoms with Crippen LogP contribution >= 0.6 is 0 Å². The van der Waals surface area contributed by atoms with Crippen LogP contribution in [0.3, 0.4) is 0 Å². The lowest BCUT2D eigenvalue weighted by molar-refractivity contribution is 0.381. The summed E-state index contributed by atoms with van der Waals surface area (Å²) >= 11 is 0. The maximum Gasteiger partial charge on any atom is 0.115 e. The van der Waals surface area contributed by atoms with E-state index in [4.69, 9.17) is 0 Å². The molecule has 0 atom stereocenters. The second-order valence-electron chi connectivity index (χ2n) is 5.82. The summed E-state index contributed by atoms with van der Waals surface area (Å²) in [6, 6.07) is 7.29. The molecule has 2 aliphatic rings. The first kappa shape index (κ1) is 14.5. The number of rotatable bonds is 3. The Bertz CT molecular complexity index is 637. The van der Waals surface area contributed by atoms with Crippen LogP contribution in [0.5, 0.6) is 5.75 Å². The number of phenols is 1. The SMILES string of the molecule is OC1=CC=C(C(C2=CC=C(O)CC2)c2ccc(O)cc2)CC1. The van der Waals surface area contributed by atoms with Gasteiger partial charge in [0.1, 0.15) is 5.75 Å². The lowest BCUT2D eigenvalue weighted by Gasteiger charge is -2.27. The summed E-state index contributed by atoms with van der Waals surface area (Å²) in [7, 11) is 0. The maximum atomic E-state index is 9.59. The average molecular weight is 296 g/mol. The molecule has 0 spiro atoms. The highest BCUT2D eigenvalue weighted by atomic mass is 16.3. The van der Waals surface area contributed by atoms with E-state index in [1.807, 2.05) is 24.3 Å². The Morgan fingerprint density at radius 2 is 1.14 bits per heavy atom. The highest BCUT2D eigenvalue weighted by Gasteiger charge is 2.23. The van der Waals surface area contributed by atoms with Crippen molar-refractivity contribution < 1.29 is 15.3 Å². The van der Waals surface area contributed by atoms with Crippen molar-refractivity contribution in [2.75, 3.05) is 0 Å². The number of aliphatic hydroxyl groups excluding tert-OH is 2. The van der Waals surface area contributed by atoms with Crippen molar-refractivity contribution in [1.29, 1.82) is 0 Å². The monoisotopic (exact) mass is 296 g/mol. The summed E-state index contributed by atoms with van der Waals surface area (Å²) in [5.74, 6) is 1.23. The Balaban J connectivity index is 2.01. The molecule has 0 bridgehead atoms. The molecular formula is C19H20O3. The van der Waals surface area contributed by atoms with Gasteiger partial charge >= 0.3 is 0 Å². The first-order chi connectivity index (χ1) is 10.6. The van der Waals surface area contributed by atoms with Crippen LogP contribution in [0.1, 0.15) is 37.2 Å². The van der Waals surface area contributed by atoms with Gasteiger partial charge in [0.25, 0.3) is 0 Å². The van der Waals surface area contributed by atoms with Gasteiger partial charge in [0.05, 0.1) is 11.5 Å². The van der Waals surface area contributed by atoms with Crippen LogP contribution in [0.4, 0.5) is 0 Å². The van der Waals surface area contributed by atoms with Crippen LogP contribution in [0.25, 0.3) is 0 Å². The first-order valence-corrected chi connectivity index (χ1v) is 7.59. The quantitative estimate of drug-likeness (QED) is 0.750. The van der Waals surface area contributed by atoms with Gasteiger partial charge in [-0.05, 0) is 42.7 Å². The van der Waals surface area contributed by atoms with Gasteiger partial charge in [0, 0.05) is 18.8 Å². The van der Waals surface area contributed by atoms with E-state index >= 15 is 0 Å². The van der Waals surface area contributed by atoms with E-state index in [0.29, 0.717) is 24.4 Å². The number of hydrogen-bond acceptors (Lipinski definition) is 3. The minimum Gasteiger partial charge on any atom is -0.512 e. The van der Waals surface area contributed by atoms with Crippen LogP contribution < -0.4 is 0 Å². The number of aliphatic hydroxyl groups is 2. The topological polar surface area (TPSA) is 60.7 Å². The average Bonchev–Trinajstić information content (AvgIpc) is 2.53. The largest absolute Gasteiger partial charge is 0.512 e. The molecule has 0 saturated carbocycles. The second kappa shape index (κ2) is 6.14. The van der Waals surface area contributed by atoms with Crippen LogP contribution in [0, 0.1) is 0 Å². The van der Waals surface area contributed by atoms with Crippen molar-refractivity contribution in [3.05, 3.63) is 76.8 Å². The normalized spacial score (nSPS) is 18.4. The lowest BCUT2D eigenvalue weighted by atomic mass is 9.78. The van der Waals surface area contributed by atoms with Gasteiger partial charge in [-0.15, -0.1) is 0 Å². The lowest BCUT2D eigenvalue weighted by Crippen LogP contribution is -2.10. The molecule has 1 aromatic rings. The molecule has 0 unspecified atom stereocenters. The Kier molecular flexibility index (Phi) is 4.05. The second-order valence-corrected chi connectivity index (χ2v) is 5.82. The van der Waals surface area contributed by atoms with Crippen molar-refractivity contribution in [2.24, 2.45) is 0 Å². The van der Waals surface area contributed by atoms with Crippen molar-refractivity contribution >= 4 is 0 Å². The molecule has 0 fully saturated rings. The molecule has 0 radical (unpaired) electrons. The molecular weight excluding hydrogens is 276 g/mol. The minimum atomic E-state index is 0.134. The molecule has 2 aliphatic carbocycles. The fourth-order valence-electron chi connectivity index (χ4n) is 3.10. The molecule has 0 heterocycles. The van der Waals surface area contributed by atoms with Crippen LogP contribution in [0.15, 0.2) is 71.2 Å². The third-order valence-corrected chi connectivity index (χ3v) is 4.29. The molecule has 3 heteroatoms. The highest BCUT2D eigenvalue weighted by Crippen LogP contribution is 2.40. The predicted octanol–water partition coefficient (Wildman–Crippen LogP) is 4.80. The van der Waals surface area contributed by atoms with Crippen LogP contribution in [-0.4, -0.2) is 15.3 Å². The summed E-state index contributed by atoms with van der Waals surface area (Å²) in [6.07, 6.45) is 10.5. The van der Waals surface area contributed by atoms with Crippen molar-refractivity contribution in [3.8, 4) is 5.75 Å². The van der Waals surface area contributed by atoms with Crippen molar-refractivity contribution in [1.82, 2.24) is 0 Å². The van der Waals surface area contributed by atoms with Gasteiger partial charge < -0.3 is 15.3 Å². The number of allylic oxidation sites excluding steroid dienone is 8. The number of benzene rings is 1. The summed E-state index contributed by atoms with van der Waals surface area (Å²) in [5.41, 5.74) is 3.63. The van der Waals surface area contributed by atoms with Gasteiger partial charge in [-0.2, -0.15) is 0 Å². The molecule has 3 rings (SSSR count). The molecule has 3 nitrogen and oxygen atoms in total. The van der Waals surface area contributed by atoms with E-state index in [1.165, 1.54) is 11.1 Å². The van der Waals surface area contributed by atoms with E-state index in [0.717, 1.165) is 18.4 Å². The minimum absolute atomic E-state index is 0.134. The van der Waals surface area contributed by atoms with Gasteiger partial charge in [-0.25, -0.2) is 0 Å². The molecule has 0 saturated heterocycles. The Morgan fingerprint density at radius 3 is 1.55 bits per heavy atom. The number of phenolic OH excluding ortho intramolecular Hbond substituents is 1. The zero-order chi connectivity index (χ0) is 15.5. The van der Waals surface area contributed by atoms with Gasteiger partial charge in [0.2, 0.25) is 0 Å². The Labute approximate surface area is 130 Å². The van der Waals surface area contributed by atoms with Crippen molar-refractivity contribution in [3.63, 3.8) is 0 Å². The smallest absolute Gasteiger partial charge is 0.115 e. The molecule has 22 heavy (non-hydrogen) atoms. The summed E-state index contributed by atoms with van der Waals surface area (Å²) in [5, 5.41) is 28.7. The zero-order valence-corrected chi connectivity index (χ0v) is 12.4. The standard InChI is InChI=1S/C19H20O3/c20-16-7-1-13(2-8-16)19(14-3-9-17(21)10-4-14)15-5-11-18(22)12-6-15/h1-3,5,7-9,11,19-22H,4,6,10,12H2. The fourth-order valence-corrected chi connectivity index (χ4v) is 3.10. The van der Waals surface area contributed by atoms with Gasteiger partial charge in [0.15, 0.2) is 0 Å². The third-order valence-electron chi connectivity index (χ3n) is 4.29. The zero-order valence-electron chi connectivity index (χ0n) is 12.4. The third kappa shape index (κ3) is 3.08. The van der Waals surface area contributed by atoms with Gasteiger partial charge in [-0.1, -0.05) is 35.4 Å². The number of hydrogen-bond donors (Lipinski definition) is 3. The molecule has 0 aliphatic heterocycles. The van der Waals surface area contributed by atoms with E-state index in [1.54, 1.807) is 24.3 Å². The first-order valence-electron chi connectivity index (χ1n) is 7.59. The molecule has 3 N–H and O–H groups in total. The molecule has 0 aromatic heterocycles. The van der Waals surface area contributed by atoms with E-state index in [-0.39, 0.29) is 11.7 Å². The summed E-state index contributed by atoms with van der Waals surface area (Å²) < 4.78 is 0. The Hall–Kier alpha value is -2.42. The van der Waals surface area contributed by atoms with Crippen LogP contribution in [0.2, 0.25) is 0 Å². The van der Waals surface area contributed by atoms with Crippen molar-refractivity contribution in [2.45, 2.75) is 31.6 Å². The highest BCUT2D eigenvalue weighted by molar-refractivity contribution is 5.45. The summed E-state index contributed by atoms with van der Waals surface area (Å²) in [6.45, 7) is 0. The van der Waals surface area contributed by atoms with E-state index in [9.17, 15) is 15.3 Å². The Morgan fingerprint density at radius 1 is 0.636 bits per heavy atom. The van der Waals surface area contributed by atoms with Crippen LogP contribution in [-0.2, 0) is 0 Å². The van der Waals surface area contributed by atoms with E-state index < -0.39 is 0 Å². The summed E-state index contributed by atoms with van der Waals surface area (Å²) in [4.78, 5) is 0. The molecule has 0 amide bonds. The van der Waals surface area contributed by atoms with E-state index in [2.05, 4.69) is 0 Å². The molecule has 1 aromatic carbocycles. The van der Waals surface area contributed by atoms with Gasteiger partial charge in [-0.3, -0.25) is 0 Å². The number of aromatic hydroxyl groups is 1. The fraction of sp³-hybridized carbons (Fsp3) is 0.263. The molecule has 114 valence electrons. The maximum absolute atomic E-state index is 9.59.